The Balaban J connectivity index is 2.44. The zero-order chi connectivity index (χ0) is 11.7. The van der Waals surface area contributed by atoms with Gasteiger partial charge in [0.2, 0.25) is 0 Å². The van der Waals surface area contributed by atoms with Gasteiger partial charge in [0.1, 0.15) is 5.56 Å². The molecule has 1 unspecified atom stereocenters. The fourth-order valence-electron chi connectivity index (χ4n) is 1.89. The summed E-state index contributed by atoms with van der Waals surface area (Å²) in [5.41, 5.74) is 0.156. The first-order chi connectivity index (χ1) is 7.65. The smallest absolute Gasteiger partial charge is 0.277 e. The molecule has 0 radical (unpaired) electrons. The number of aromatic amines is 1. The summed E-state index contributed by atoms with van der Waals surface area (Å²) in [6.07, 6.45) is 2.32. The molecule has 1 fully saturated rings. The molecule has 6 nitrogen and oxygen atoms in total. The minimum atomic E-state index is -0.478. The fraction of sp³-hybridized carbons (Fsp3) is 0.500. The molecule has 2 rings (SSSR count). The third kappa shape index (κ3) is 1.61. The average Bonchev–Trinajstić information content (AvgIpc) is 2.16. The van der Waals surface area contributed by atoms with Crippen molar-refractivity contribution in [3.63, 3.8) is 0 Å². The molecule has 1 atom stereocenters. The molecule has 2 N–H and O–H groups in total. The first kappa shape index (κ1) is 10.8. The van der Waals surface area contributed by atoms with Gasteiger partial charge in [0.15, 0.2) is 5.78 Å². The summed E-state index contributed by atoms with van der Waals surface area (Å²) in [4.78, 5) is 24.7. The molecule has 0 aliphatic carbocycles. The van der Waals surface area contributed by atoms with Crippen molar-refractivity contribution in [2.75, 3.05) is 18.1 Å². The van der Waals surface area contributed by atoms with Crippen LogP contribution < -0.4 is 10.5 Å². The Morgan fingerprint density at radius 1 is 1.75 bits per heavy atom. The highest BCUT2D eigenvalue weighted by molar-refractivity contribution is 5.99. The Morgan fingerprint density at radius 2 is 2.50 bits per heavy atom. The number of H-pyrrole nitrogens is 1. The topological polar surface area (TPSA) is 86.3 Å². The largest absolute Gasteiger partial charge is 0.394 e. The Morgan fingerprint density at radius 3 is 3.00 bits per heavy atom. The van der Waals surface area contributed by atoms with Crippen molar-refractivity contribution in [3.05, 3.63) is 22.1 Å². The first-order valence-corrected chi connectivity index (χ1v) is 5.11. The molecular weight excluding hydrogens is 210 g/mol. The van der Waals surface area contributed by atoms with Gasteiger partial charge in [0.05, 0.1) is 24.5 Å². The number of ketones is 1. The van der Waals surface area contributed by atoms with Crippen LogP contribution in [0.25, 0.3) is 0 Å². The molecule has 0 spiro atoms. The maximum absolute atomic E-state index is 11.5. The Hall–Kier alpha value is -1.69. The Bertz CT molecular complexity index is 467. The van der Waals surface area contributed by atoms with Crippen LogP contribution in [-0.2, 0) is 0 Å². The number of aromatic nitrogens is 2. The summed E-state index contributed by atoms with van der Waals surface area (Å²) in [7, 11) is 0. The molecule has 16 heavy (non-hydrogen) atoms. The van der Waals surface area contributed by atoms with Crippen molar-refractivity contribution in [2.45, 2.75) is 19.4 Å². The van der Waals surface area contributed by atoms with Crippen molar-refractivity contribution < 1.29 is 9.90 Å². The Labute approximate surface area is 91.9 Å². The van der Waals surface area contributed by atoms with Gasteiger partial charge in [-0.3, -0.25) is 9.59 Å². The zero-order valence-corrected chi connectivity index (χ0v) is 8.93. The monoisotopic (exact) mass is 223 g/mol. The molecule has 1 aromatic heterocycles. The second-order valence-corrected chi connectivity index (χ2v) is 3.83. The van der Waals surface area contributed by atoms with Crippen molar-refractivity contribution in [1.82, 2.24) is 10.2 Å². The SMILES string of the molecule is CC(=O)c1c(N2CCC2CO)cn[nH]c1=O. The third-order valence-electron chi connectivity index (χ3n) is 2.85. The second-order valence-electron chi connectivity index (χ2n) is 3.83. The van der Waals surface area contributed by atoms with Crippen LogP contribution in [0.5, 0.6) is 0 Å². The third-order valence-corrected chi connectivity index (χ3v) is 2.85. The Kier molecular flexibility index (Phi) is 2.74. The van der Waals surface area contributed by atoms with Crippen LogP contribution >= 0.6 is 0 Å². The molecule has 1 saturated heterocycles. The summed E-state index contributed by atoms with van der Waals surface area (Å²) in [5.74, 6) is -0.290. The number of nitrogens with one attached hydrogen (secondary N) is 1. The normalized spacial score (nSPS) is 19.4. The lowest BCUT2D eigenvalue weighted by atomic mass is 10.0. The van der Waals surface area contributed by atoms with Gasteiger partial charge >= 0.3 is 0 Å². The van der Waals surface area contributed by atoms with Crippen LogP contribution in [0, 0.1) is 0 Å². The van der Waals surface area contributed by atoms with Gasteiger partial charge in [-0.05, 0) is 13.3 Å². The van der Waals surface area contributed by atoms with E-state index in [1.807, 2.05) is 4.90 Å². The van der Waals surface area contributed by atoms with E-state index in [4.69, 9.17) is 5.11 Å². The van der Waals surface area contributed by atoms with Gasteiger partial charge in [0, 0.05) is 6.54 Å². The highest BCUT2D eigenvalue weighted by atomic mass is 16.3. The van der Waals surface area contributed by atoms with E-state index in [9.17, 15) is 9.59 Å². The molecule has 2 heterocycles. The second kappa shape index (κ2) is 4.05. The summed E-state index contributed by atoms with van der Waals surface area (Å²) in [5, 5.41) is 15.0. The zero-order valence-electron chi connectivity index (χ0n) is 8.93. The number of aliphatic hydroxyl groups is 1. The minimum Gasteiger partial charge on any atom is -0.394 e. The summed E-state index contributed by atoms with van der Waals surface area (Å²) in [6.45, 7) is 2.10. The standard InChI is InChI=1S/C10H13N3O3/c1-6(15)9-8(4-11-12-10(9)16)13-3-2-7(13)5-14/h4,7,14H,2-3,5H2,1H3,(H,12,16). The van der Waals surface area contributed by atoms with Crippen molar-refractivity contribution in [1.29, 1.82) is 0 Å². The van der Waals surface area contributed by atoms with E-state index in [-0.39, 0.29) is 24.0 Å². The van der Waals surface area contributed by atoms with Crippen LogP contribution in [-0.4, -0.2) is 40.3 Å². The number of aliphatic hydroxyl groups excluding tert-OH is 1. The van der Waals surface area contributed by atoms with Gasteiger partial charge in [-0.25, -0.2) is 5.10 Å². The average molecular weight is 223 g/mol. The van der Waals surface area contributed by atoms with Crippen molar-refractivity contribution in [3.8, 4) is 0 Å². The number of carbonyl (C=O) groups is 1. The number of carbonyl (C=O) groups excluding carboxylic acids is 1. The lowest BCUT2D eigenvalue weighted by Gasteiger charge is -2.42. The van der Waals surface area contributed by atoms with Gasteiger partial charge in [-0.15, -0.1) is 0 Å². The number of hydrogen-bond donors (Lipinski definition) is 2. The molecule has 0 saturated carbocycles. The number of rotatable bonds is 3. The van der Waals surface area contributed by atoms with Gasteiger partial charge in [-0.2, -0.15) is 5.10 Å². The summed E-state index contributed by atoms with van der Waals surface area (Å²) >= 11 is 0. The van der Waals surface area contributed by atoms with Crippen LogP contribution in [0.15, 0.2) is 11.0 Å². The number of nitrogens with zero attached hydrogens (tertiary/aromatic N) is 2. The molecule has 1 aliphatic heterocycles. The predicted molar refractivity (Wildman–Crippen MR) is 57.7 cm³/mol. The van der Waals surface area contributed by atoms with E-state index in [2.05, 4.69) is 10.2 Å². The van der Waals surface area contributed by atoms with Crippen LogP contribution in [0.3, 0.4) is 0 Å². The fourth-order valence-corrected chi connectivity index (χ4v) is 1.89. The maximum Gasteiger partial charge on any atom is 0.277 e. The highest BCUT2D eigenvalue weighted by Gasteiger charge is 2.30. The maximum atomic E-state index is 11.5. The predicted octanol–water partition coefficient (Wildman–Crippen LogP) is -0.457. The van der Waals surface area contributed by atoms with Gasteiger partial charge in [-0.1, -0.05) is 0 Å². The molecule has 6 heteroatoms. The van der Waals surface area contributed by atoms with Crippen molar-refractivity contribution in [2.24, 2.45) is 0 Å². The summed E-state index contributed by atoms with van der Waals surface area (Å²) in [6, 6.07) is -0.0123. The lowest BCUT2D eigenvalue weighted by Crippen LogP contribution is -2.51. The van der Waals surface area contributed by atoms with E-state index >= 15 is 0 Å². The number of hydrogen-bond acceptors (Lipinski definition) is 5. The molecule has 0 bridgehead atoms. The van der Waals surface area contributed by atoms with E-state index in [1.54, 1.807) is 0 Å². The summed E-state index contributed by atoms with van der Waals surface area (Å²) < 4.78 is 0. The lowest BCUT2D eigenvalue weighted by molar-refractivity contribution is 0.101. The molecule has 1 aromatic rings. The molecule has 0 aromatic carbocycles. The molecule has 1 aliphatic rings. The van der Waals surface area contributed by atoms with Crippen LogP contribution in [0.2, 0.25) is 0 Å². The molecule has 0 amide bonds. The quantitative estimate of drug-likeness (QED) is 0.677. The highest BCUT2D eigenvalue weighted by Crippen LogP contribution is 2.27. The molecule has 86 valence electrons. The van der Waals surface area contributed by atoms with Crippen molar-refractivity contribution >= 4 is 11.5 Å². The van der Waals surface area contributed by atoms with Gasteiger partial charge < -0.3 is 10.0 Å². The van der Waals surface area contributed by atoms with E-state index in [1.165, 1.54) is 13.1 Å². The van der Waals surface area contributed by atoms with E-state index in [0.29, 0.717) is 5.69 Å². The van der Waals surface area contributed by atoms with E-state index in [0.717, 1.165) is 13.0 Å². The van der Waals surface area contributed by atoms with Gasteiger partial charge in [0.25, 0.3) is 5.56 Å². The van der Waals surface area contributed by atoms with E-state index < -0.39 is 5.56 Å². The number of anilines is 1. The number of Topliss-reactive ketones (excluding diaryl/α,β-unsaturated/α-hetero) is 1. The first-order valence-electron chi connectivity index (χ1n) is 5.11. The van der Waals surface area contributed by atoms with Crippen LogP contribution in [0.4, 0.5) is 5.69 Å². The molecular formula is C10H13N3O3. The van der Waals surface area contributed by atoms with Crippen LogP contribution in [0.1, 0.15) is 23.7 Å². The minimum absolute atomic E-state index is 0.0123.